The summed E-state index contributed by atoms with van der Waals surface area (Å²) in [6.07, 6.45) is 0. The van der Waals surface area contributed by atoms with E-state index in [0.29, 0.717) is 24.3 Å². The molecule has 0 radical (unpaired) electrons. The van der Waals surface area contributed by atoms with Crippen LogP contribution in [0.25, 0.3) is 0 Å². The van der Waals surface area contributed by atoms with Gasteiger partial charge in [0.05, 0.1) is 5.56 Å². The van der Waals surface area contributed by atoms with Gasteiger partial charge in [0, 0.05) is 24.5 Å². The van der Waals surface area contributed by atoms with Crippen LogP contribution < -0.4 is 16.4 Å². The van der Waals surface area contributed by atoms with Gasteiger partial charge < -0.3 is 16.4 Å². The first-order valence-corrected chi connectivity index (χ1v) is 7.08. The number of amides is 1. The number of carbonyl (C=O) groups is 1. The van der Waals surface area contributed by atoms with Crippen molar-refractivity contribution >= 4 is 17.3 Å². The average molecular weight is 283 g/mol. The molecule has 0 aromatic heterocycles. The maximum absolute atomic E-state index is 12.1. The van der Waals surface area contributed by atoms with Crippen molar-refractivity contribution in [2.45, 2.75) is 20.4 Å². The molecule has 4 heteroatoms. The van der Waals surface area contributed by atoms with Gasteiger partial charge in [-0.1, -0.05) is 24.3 Å². The van der Waals surface area contributed by atoms with Crippen LogP contribution in [0.2, 0.25) is 0 Å². The first kappa shape index (κ1) is 14.9. The second-order valence-corrected chi connectivity index (χ2v) is 4.94. The minimum atomic E-state index is -0.0928. The van der Waals surface area contributed by atoms with E-state index in [1.165, 1.54) is 11.1 Å². The Kier molecular flexibility index (Phi) is 4.82. The van der Waals surface area contributed by atoms with Gasteiger partial charge in [-0.2, -0.15) is 0 Å². The summed E-state index contributed by atoms with van der Waals surface area (Å²) in [6.45, 7) is 5.22. The molecule has 0 aliphatic heterocycles. The number of carbonyl (C=O) groups excluding carboxylic acids is 1. The third-order valence-corrected chi connectivity index (χ3v) is 3.36. The van der Waals surface area contributed by atoms with Crippen molar-refractivity contribution in [3.8, 4) is 0 Å². The van der Waals surface area contributed by atoms with Gasteiger partial charge in [-0.25, -0.2) is 0 Å². The van der Waals surface area contributed by atoms with Crippen LogP contribution in [0.5, 0.6) is 0 Å². The highest BCUT2D eigenvalue weighted by molar-refractivity contribution is 6.00. The van der Waals surface area contributed by atoms with Crippen LogP contribution >= 0.6 is 0 Å². The Balaban J connectivity index is 2.20. The molecule has 2 rings (SSSR count). The monoisotopic (exact) mass is 283 g/mol. The van der Waals surface area contributed by atoms with Crippen LogP contribution in [0.15, 0.2) is 42.5 Å². The summed E-state index contributed by atoms with van der Waals surface area (Å²) in [5, 5.41) is 6.12. The third-order valence-electron chi connectivity index (χ3n) is 3.36. The Morgan fingerprint density at radius 1 is 1.19 bits per heavy atom. The van der Waals surface area contributed by atoms with Gasteiger partial charge in [0.15, 0.2) is 0 Å². The lowest BCUT2D eigenvalue weighted by Crippen LogP contribution is -2.24. The zero-order chi connectivity index (χ0) is 15.2. The lowest BCUT2D eigenvalue weighted by molar-refractivity contribution is 0.0956. The van der Waals surface area contributed by atoms with E-state index in [1.807, 2.05) is 19.1 Å². The molecule has 2 aromatic rings. The summed E-state index contributed by atoms with van der Waals surface area (Å²) < 4.78 is 0. The quantitative estimate of drug-likeness (QED) is 0.739. The van der Waals surface area contributed by atoms with E-state index < -0.39 is 0 Å². The van der Waals surface area contributed by atoms with Gasteiger partial charge in [-0.15, -0.1) is 0 Å². The number of hydrogen-bond donors (Lipinski definition) is 3. The van der Waals surface area contributed by atoms with E-state index in [0.717, 1.165) is 5.69 Å². The topological polar surface area (TPSA) is 67.2 Å². The molecular formula is C17H21N3O. The van der Waals surface area contributed by atoms with E-state index in [-0.39, 0.29) is 5.91 Å². The normalized spacial score (nSPS) is 10.2. The second-order valence-electron chi connectivity index (χ2n) is 4.94. The molecule has 0 heterocycles. The number of nitrogens with two attached hydrogens (primary N) is 1. The fourth-order valence-electron chi connectivity index (χ4n) is 2.16. The lowest BCUT2D eigenvalue weighted by Gasteiger charge is -2.14. The molecule has 2 aromatic carbocycles. The summed E-state index contributed by atoms with van der Waals surface area (Å²) in [5.41, 5.74) is 10.2. The van der Waals surface area contributed by atoms with Crippen molar-refractivity contribution in [2.75, 3.05) is 17.6 Å². The van der Waals surface area contributed by atoms with Crippen LogP contribution in [0.4, 0.5) is 11.4 Å². The highest BCUT2D eigenvalue weighted by atomic mass is 16.1. The Morgan fingerprint density at radius 3 is 2.67 bits per heavy atom. The molecule has 4 N–H and O–H groups in total. The number of aryl methyl sites for hydroxylation is 1. The summed E-state index contributed by atoms with van der Waals surface area (Å²) in [4.78, 5) is 12.1. The van der Waals surface area contributed by atoms with E-state index in [2.05, 4.69) is 29.7 Å². The van der Waals surface area contributed by atoms with Gasteiger partial charge in [-0.05, 0) is 43.2 Å². The molecule has 0 unspecified atom stereocenters. The lowest BCUT2D eigenvalue weighted by atomic mass is 10.1. The minimum absolute atomic E-state index is 0.0928. The summed E-state index contributed by atoms with van der Waals surface area (Å²) >= 11 is 0. The molecule has 0 saturated carbocycles. The number of nitrogen functional groups attached to an aromatic ring is 1. The van der Waals surface area contributed by atoms with Crippen molar-refractivity contribution in [2.24, 2.45) is 0 Å². The molecule has 4 nitrogen and oxygen atoms in total. The number of anilines is 2. The molecule has 0 bridgehead atoms. The number of hydrogen-bond acceptors (Lipinski definition) is 3. The SMILES string of the molecule is CCNC(=O)c1ccc(N)cc1NCc1ccccc1C. The molecule has 0 atom stereocenters. The third kappa shape index (κ3) is 3.75. The Labute approximate surface area is 125 Å². The van der Waals surface area contributed by atoms with Crippen LogP contribution in [0.3, 0.4) is 0 Å². The molecule has 21 heavy (non-hydrogen) atoms. The molecule has 0 spiro atoms. The number of rotatable bonds is 5. The van der Waals surface area contributed by atoms with Crippen molar-refractivity contribution in [1.29, 1.82) is 0 Å². The van der Waals surface area contributed by atoms with E-state index >= 15 is 0 Å². The van der Waals surface area contributed by atoms with Gasteiger partial charge in [0.2, 0.25) is 0 Å². The highest BCUT2D eigenvalue weighted by Gasteiger charge is 2.11. The standard InChI is InChI=1S/C17H21N3O/c1-3-19-17(21)15-9-8-14(18)10-16(15)20-11-13-7-5-4-6-12(13)2/h4-10,20H,3,11,18H2,1-2H3,(H,19,21). The van der Waals surface area contributed by atoms with Gasteiger partial charge in [-0.3, -0.25) is 4.79 Å². The molecule has 0 aliphatic rings. The van der Waals surface area contributed by atoms with Gasteiger partial charge in [0.25, 0.3) is 5.91 Å². The van der Waals surface area contributed by atoms with Crippen LogP contribution in [0, 0.1) is 6.92 Å². The molecule has 1 amide bonds. The fraction of sp³-hybridized carbons (Fsp3) is 0.235. The smallest absolute Gasteiger partial charge is 0.253 e. The van der Waals surface area contributed by atoms with Crippen molar-refractivity contribution in [1.82, 2.24) is 5.32 Å². The maximum atomic E-state index is 12.1. The first-order chi connectivity index (χ1) is 10.1. The molecule has 0 saturated heterocycles. The second kappa shape index (κ2) is 6.79. The van der Waals surface area contributed by atoms with E-state index in [1.54, 1.807) is 18.2 Å². The van der Waals surface area contributed by atoms with Crippen molar-refractivity contribution in [3.63, 3.8) is 0 Å². The van der Waals surface area contributed by atoms with Crippen LogP contribution in [-0.4, -0.2) is 12.5 Å². The van der Waals surface area contributed by atoms with E-state index in [9.17, 15) is 4.79 Å². The Bertz CT molecular complexity index is 638. The molecular weight excluding hydrogens is 262 g/mol. The predicted molar refractivity (Wildman–Crippen MR) is 87.4 cm³/mol. The van der Waals surface area contributed by atoms with E-state index in [4.69, 9.17) is 5.73 Å². The van der Waals surface area contributed by atoms with Crippen molar-refractivity contribution in [3.05, 3.63) is 59.2 Å². The zero-order valence-corrected chi connectivity index (χ0v) is 12.4. The fourth-order valence-corrected chi connectivity index (χ4v) is 2.16. The highest BCUT2D eigenvalue weighted by Crippen LogP contribution is 2.20. The molecule has 0 fully saturated rings. The zero-order valence-electron chi connectivity index (χ0n) is 12.4. The predicted octanol–water partition coefficient (Wildman–Crippen LogP) is 2.94. The molecule has 110 valence electrons. The summed E-state index contributed by atoms with van der Waals surface area (Å²) in [6, 6.07) is 13.4. The maximum Gasteiger partial charge on any atom is 0.253 e. The first-order valence-electron chi connectivity index (χ1n) is 7.08. The average Bonchev–Trinajstić information content (AvgIpc) is 2.46. The van der Waals surface area contributed by atoms with Gasteiger partial charge in [0.1, 0.15) is 0 Å². The van der Waals surface area contributed by atoms with Crippen molar-refractivity contribution < 1.29 is 4.79 Å². The number of nitrogens with one attached hydrogen (secondary N) is 2. The van der Waals surface area contributed by atoms with Crippen LogP contribution in [-0.2, 0) is 6.54 Å². The van der Waals surface area contributed by atoms with Crippen LogP contribution in [0.1, 0.15) is 28.4 Å². The largest absolute Gasteiger partial charge is 0.399 e. The Morgan fingerprint density at radius 2 is 1.95 bits per heavy atom. The summed E-state index contributed by atoms with van der Waals surface area (Å²) in [7, 11) is 0. The minimum Gasteiger partial charge on any atom is -0.399 e. The molecule has 0 aliphatic carbocycles. The number of benzene rings is 2. The van der Waals surface area contributed by atoms with Gasteiger partial charge >= 0.3 is 0 Å². The summed E-state index contributed by atoms with van der Waals surface area (Å²) in [5.74, 6) is -0.0928. The Hall–Kier alpha value is -2.49.